The fraction of sp³-hybridized carbons (Fsp3) is 0.667. The summed E-state index contributed by atoms with van der Waals surface area (Å²) < 4.78 is 5.72. The van der Waals surface area contributed by atoms with Gasteiger partial charge in [-0.15, -0.1) is 0 Å². The zero-order valence-corrected chi connectivity index (χ0v) is 18.9. The van der Waals surface area contributed by atoms with Crippen molar-refractivity contribution in [1.29, 1.82) is 0 Å². The van der Waals surface area contributed by atoms with Crippen LogP contribution in [-0.2, 0) is 9.53 Å². The molecule has 166 valence electrons. The Labute approximate surface area is 180 Å². The van der Waals surface area contributed by atoms with Gasteiger partial charge in [-0.3, -0.25) is 4.79 Å². The lowest BCUT2D eigenvalue weighted by Crippen LogP contribution is -2.40. The summed E-state index contributed by atoms with van der Waals surface area (Å²) in [5, 5.41) is 12.6. The summed E-state index contributed by atoms with van der Waals surface area (Å²) in [7, 11) is 0. The Morgan fingerprint density at radius 2 is 2.00 bits per heavy atom. The monoisotopic (exact) mass is 415 g/mol. The maximum absolute atomic E-state index is 11.2. The van der Waals surface area contributed by atoms with Crippen molar-refractivity contribution >= 4 is 23.4 Å². The van der Waals surface area contributed by atoms with E-state index < -0.39 is 5.97 Å². The lowest BCUT2D eigenvalue weighted by molar-refractivity contribution is -0.137. The molecule has 2 atom stereocenters. The van der Waals surface area contributed by atoms with E-state index in [0.29, 0.717) is 24.6 Å². The van der Waals surface area contributed by atoms with E-state index in [2.05, 4.69) is 47.3 Å². The molecule has 0 radical (unpaired) electrons. The standard InChI is InChI=1S/C24H37N3O3/c1-16(2)14-27(20-8-6-5-7-9-20)22-11-10-19(17(3)12-23(28)29)13-21(22)26-24-25-18(4)15-30-24/h10-11,13,16-18,20H,5-9,12,14-15H2,1-4H3,(H,25,26)(H,28,29)/t17?,18-/m1/s1. The Hall–Kier alpha value is -2.24. The van der Waals surface area contributed by atoms with Crippen molar-refractivity contribution < 1.29 is 14.6 Å². The average molecular weight is 416 g/mol. The highest BCUT2D eigenvalue weighted by atomic mass is 16.5. The van der Waals surface area contributed by atoms with Gasteiger partial charge < -0.3 is 20.1 Å². The predicted molar refractivity (Wildman–Crippen MR) is 123 cm³/mol. The van der Waals surface area contributed by atoms with E-state index in [1.165, 1.54) is 32.1 Å². The molecule has 1 saturated carbocycles. The molecule has 0 saturated heterocycles. The van der Waals surface area contributed by atoms with Gasteiger partial charge in [-0.2, -0.15) is 0 Å². The molecule has 0 spiro atoms. The van der Waals surface area contributed by atoms with Gasteiger partial charge in [-0.1, -0.05) is 46.1 Å². The van der Waals surface area contributed by atoms with Crippen LogP contribution in [0.1, 0.15) is 77.7 Å². The number of aliphatic imine (C=N–C) groups is 1. The molecule has 1 unspecified atom stereocenters. The zero-order valence-electron chi connectivity index (χ0n) is 18.9. The summed E-state index contributed by atoms with van der Waals surface area (Å²) in [5.74, 6) is -0.289. The molecule has 6 nitrogen and oxygen atoms in total. The summed E-state index contributed by atoms with van der Waals surface area (Å²) >= 11 is 0. The third-order valence-electron chi connectivity index (χ3n) is 6.00. The fourth-order valence-electron chi connectivity index (χ4n) is 4.48. The molecule has 1 aromatic carbocycles. The molecule has 0 amide bonds. The van der Waals surface area contributed by atoms with Gasteiger partial charge in [-0.05, 0) is 49.3 Å². The first-order valence-corrected chi connectivity index (χ1v) is 11.4. The van der Waals surface area contributed by atoms with Gasteiger partial charge in [0.25, 0.3) is 6.02 Å². The molecule has 3 rings (SSSR count). The highest BCUT2D eigenvalue weighted by Gasteiger charge is 2.26. The van der Waals surface area contributed by atoms with Crippen molar-refractivity contribution in [3.63, 3.8) is 0 Å². The lowest BCUT2D eigenvalue weighted by atomic mass is 9.92. The average Bonchev–Trinajstić information content (AvgIpc) is 3.11. The summed E-state index contributed by atoms with van der Waals surface area (Å²) in [6.07, 6.45) is 6.44. The van der Waals surface area contributed by atoms with Crippen molar-refractivity contribution in [3.8, 4) is 0 Å². The maximum atomic E-state index is 11.2. The van der Waals surface area contributed by atoms with Crippen LogP contribution in [0.15, 0.2) is 23.2 Å². The van der Waals surface area contributed by atoms with Crippen LogP contribution < -0.4 is 10.2 Å². The summed E-state index contributed by atoms with van der Waals surface area (Å²) in [5.41, 5.74) is 3.14. The topological polar surface area (TPSA) is 74.2 Å². The van der Waals surface area contributed by atoms with Gasteiger partial charge in [0.2, 0.25) is 0 Å². The predicted octanol–water partition coefficient (Wildman–Crippen LogP) is 5.25. The van der Waals surface area contributed by atoms with Crippen LogP contribution in [0.4, 0.5) is 11.4 Å². The number of rotatable bonds is 8. The second kappa shape index (κ2) is 10.2. The third-order valence-corrected chi connectivity index (χ3v) is 6.00. The van der Waals surface area contributed by atoms with Crippen LogP contribution in [0.2, 0.25) is 0 Å². The number of hydrogen-bond donors (Lipinski definition) is 2. The normalized spacial score (nSPS) is 20.6. The second-order valence-corrected chi connectivity index (χ2v) is 9.33. The summed E-state index contributed by atoms with van der Waals surface area (Å²) in [6.45, 7) is 10.1. The number of nitrogens with one attached hydrogen (secondary N) is 1. The largest absolute Gasteiger partial charge is 0.481 e. The van der Waals surface area contributed by atoms with Gasteiger partial charge >= 0.3 is 5.97 Å². The van der Waals surface area contributed by atoms with Crippen molar-refractivity contribution in [3.05, 3.63) is 23.8 Å². The number of ether oxygens (including phenoxy) is 1. The van der Waals surface area contributed by atoms with Crippen LogP contribution >= 0.6 is 0 Å². The van der Waals surface area contributed by atoms with Gasteiger partial charge in [0.05, 0.1) is 23.8 Å². The van der Waals surface area contributed by atoms with E-state index >= 15 is 0 Å². The van der Waals surface area contributed by atoms with Crippen LogP contribution in [0, 0.1) is 5.92 Å². The number of benzene rings is 1. The molecule has 2 aliphatic rings. The number of anilines is 2. The molecule has 1 heterocycles. The van der Waals surface area contributed by atoms with E-state index in [-0.39, 0.29) is 18.4 Å². The lowest BCUT2D eigenvalue weighted by Gasteiger charge is -2.38. The smallest absolute Gasteiger partial charge is 0.303 e. The molecule has 1 aliphatic carbocycles. The minimum Gasteiger partial charge on any atom is -0.481 e. The molecule has 30 heavy (non-hydrogen) atoms. The quantitative estimate of drug-likeness (QED) is 0.607. The highest BCUT2D eigenvalue weighted by Crippen LogP contribution is 2.36. The first kappa shape index (κ1) is 22.4. The highest BCUT2D eigenvalue weighted by molar-refractivity contribution is 5.94. The Kier molecular flexibility index (Phi) is 7.62. The Morgan fingerprint density at radius 1 is 1.27 bits per heavy atom. The van der Waals surface area contributed by atoms with E-state index in [1.54, 1.807) is 0 Å². The Bertz CT molecular complexity index is 756. The molecule has 1 aromatic rings. The fourth-order valence-corrected chi connectivity index (χ4v) is 4.48. The third kappa shape index (κ3) is 5.89. The Morgan fingerprint density at radius 3 is 2.60 bits per heavy atom. The number of hydrogen-bond acceptors (Lipinski definition) is 5. The first-order chi connectivity index (χ1) is 14.3. The van der Waals surface area contributed by atoms with Crippen molar-refractivity contribution in [1.82, 2.24) is 0 Å². The summed E-state index contributed by atoms with van der Waals surface area (Å²) in [6, 6.07) is 7.58. The van der Waals surface area contributed by atoms with E-state index in [1.807, 2.05) is 13.8 Å². The van der Waals surface area contributed by atoms with Crippen LogP contribution in [0.5, 0.6) is 0 Å². The molecule has 1 aliphatic heterocycles. The van der Waals surface area contributed by atoms with Crippen LogP contribution in [-0.4, -0.2) is 42.3 Å². The summed E-state index contributed by atoms with van der Waals surface area (Å²) in [4.78, 5) is 18.3. The SMILES string of the molecule is CC(C)CN(c1ccc(C(C)CC(=O)O)cc1NC1=N[C@H](C)CO1)C1CCCCC1. The minimum atomic E-state index is -0.776. The molecular weight excluding hydrogens is 378 g/mol. The number of amidine groups is 1. The van der Waals surface area contributed by atoms with Gasteiger partial charge in [-0.25, -0.2) is 4.99 Å². The van der Waals surface area contributed by atoms with E-state index in [4.69, 9.17) is 4.74 Å². The molecular formula is C24H37N3O3. The van der Waals surface area contributed by atoms with Crippen molar-refractivity contribution in [2.24, 2.45) is 10.9 Å². The zero-order chi connectivity index (χ0) is 21.7. The number of aliphatic carboxylic acids is 1. The molecule has 2 N–H and O–H groups in total. The number of carboxylic acids is 1. The van der Waals surface area contributed by atoms with Gasteiger partial charge in [0.15, 0.2) is 0 Å². The minimum absolute atomic E-state index is 0.0595. The van der Waals surface area contributed by atoms with Gasteiger partial charge in [0, 0.05) is 12.6 Å². The first-order valence-electron chi connectivity index (χ1n) is 11.4. The molecule has 1 fully saturated rings. The number of nitrogens with zero attached hydrogens (tertiary/aromatic N) is 2. The van der Waals surface area contributed by atoms with Crippen LogP contribution in [0.25, 0.3) is 0 Å². The molecule has 0 aromatic heterocycles. The van der Waals surface area contributed by atoms with E-state index in [0.717, 1.165) is 23.5 Å². The number of carbonyl (C=O) groups is 1. The maximum Gasteiger partial charge on any atom is 0.303 e. The van der Waals surface area contributed by atoms with E-state index in [9.17, 15) is 9.90 Å². The van der Waals surface area contributed by atoms with Crippen molar-refractivity contribution in [2.75, 3.05) is 23.4 Å². The Balaban J connectivity index is 1.96. The van der Waals surface area contributed by atoms with Crippen LogP contribution in [0.3, 0.4) is 0 Å². The number of carboxylic acid groups (broad SMARTS) is 1. The molecule has 0 bridgehead atoms. The molecule has 6 heteroatoms. The second-order valence-electron chi connectivity index (χ2n) is 9.33. The van der Waals surface area contributed by atoms with Gasteiger partial charge in [0.1, 0.15) is 6.61 Å². The van der Waals surface area contributed by atoms with Crippen molar-refractivity contribution in [2.45, 2.75) is 84.2 Å².